The van der Waals surface area contributed by atoms with Gasteiger partial charge in [-0.3, -0.25) is 0 Å². The molecule has 0 bridgehead atoms. The predicted molar refractivity (Wildman–Crippen MR) is 80.5 cm³/mol. The van der Waals surface area contributed by atoms with Crippen LogP contribution in [0.5, 0.6) is 0 Å². The molecule has 2 atom stereocenters. The zero-order valence-electron chi connectivity index (χ0n) is 12.5. The molecule has 0 radical (unpaired) electrons. The van der Waals surface area contributed by atoms with Crippen LogP contribution in [0.4, 0.5) is 13.6 Å². The van der Waals surface area contributed by atoms with E-state index in [0.29, 0.717) is 6.07 Å². The van der Waals surface area contributed by atoms with Gasteiger partial charge in [-0.25, -0.2) is 13.6 Å². The zero-order valence-corrected chi connectivity index (χ0v) is 12.5. The van der Waals surface area contributed by atoms with Gasteiger partial charge in [-0.05, 0) is 18.6 Å². The van der Waals surface area contributed by atoms with Gasteiger partial charge in [-0.15, -0.1) is 0 Å². The molecule has 0 aliphatic carbocycles. The Kier molecular flexibility index (Phi) is 5.65. The number of aliphatic hydroxyl groups is 1. The Balaban J connectivity index is 1.90. The number of alkyl carbamates (subject to hydrolysis) is 1. The molecule has 0 heterocycles. The molecule has 0 spiro atoms. The SMILES string of the molecule is C[C@H](NC(=O)OCc1ccccc1)[C@@H](O)c1ccc(F)cc1F. The lowest BCUT2D eigenvalue weighted by Crippen LogP contribution is -2.37. The summed E-state index contributed by atoms with van der Waals surface area (Å²) in [5.41, 5.74) is 0.725. The van der Waals surface area contributed by atoms with Gasteiger partial charge in [0.05, 0.1) is 6.04 Å². The molecule has 0 fully saturated rings. The molecule has 4 nitrogen and oxygen atoms in total. The number of amides is 1. The van der Waals surface area contributed by atoms with E-state index in [2.05, 4.69) is 5.32 Å². The van der Waals surface area contributed by atoms with E-state index >= 15 is 0 Å². The standard InChI is InChI=1S/C17H17F2NO3/c1-11(16(21)14-8-7-13(18)9-15(14)19)20-17(22)23-10-12-5-3-2-4-6-12/h2-9,11,16,21H,10H2,1H3,(H,20,22)/t11-,16+/m0/s1. The molecule has 2 aromatic rings. The highest BCUT2D eigenvalue weighted by molar-refractivity contribution is 5.67. The molecular weight excluding hydrogens is 304 g/mol. The third kappa shape index (κ3) is 4.75. The lowest BCUT2D eigenvalue weighted by molar-refractivity contribution is 0.105. The summed E-state index contributed by atoms with van der Waals surface area (Å²) in [4.78, 5) is 11.7. The van der Waals surface area contributed by atoms with Crippen LogP contribution in [0.3, 0.4) is 0 Å². The van der Waals surface area contributed by atoms with Crippen LogP contribution in [0.15, 0.2) is 48.5 Å². The van der Waals surface area contributed by atoms with Crippen molar-refractivity contribution >= 4 is 6.09 Å². The Morgan fingerprint density at radius 2 is 1.91 bits per heavy atom. The van der Waals surface area contributed by atoms with Gasteiger partial charge in [0.1, 0.15) is 24.3 Å². The van der Waals surface area contributed by atoms with Gasteiger partial charge in [0.15, 0.2) is 0 Å². The van der Waals surface area contributed by atoms with E-state index in [1.165, 1.54) is 6.92 Å². The normalized spacial score (nSPS) is 13.2. The van der Waals surface area contributed by atoms with Crippen LogP contribution in [0.1, 0.15) is 24.2 Å². The second kappa shape index (κ2) is 7.69. The Labute approximate surface area is 132 Å². The average Bonchev–Trinajstić information content (AvgIpc) is 2.53. The lowest BCUT2D eigenvalue weighted by Gasteiger charge is -2.20. The number of hydrogen-bond acceptors (Lipinski definition) is 3. The highest BCUT2D eigenvalue weighted by atomic mass is 19.1. The highest BCUT2D eigenvalue weighted by Gasteiger charge is 2.22. The van der Waals surface area contributed by atoms with Crippen LogP contribution in [0.25, 0.3) is 0 Å². The maximum atomic E-state index is 13.6. The minimum Gasteiger partial charge on any atom is -0.445 e. The van der Waals surface area contributed by atoms with E-state index in [0.717, 1.165) is 17.7 Å². The van der Waals surface area contributed by atoms with Crippen LogP contribution >= 0.6 is 0 Å². The molecule has 0 saturated carbocycles. The largest absolute Gasteiger partial charge is 0.445 e. The summed E-state index contributed by atoms with van der Waals surface area (Å²) in [5.74, 6) is -1.61. The zero-order chi connectivity index (χ0) is 16.8. The molecule has 2 aromatic carbocycles. The molecule has 23 heavy (non-hydrogen) atoms. The van der Waals surface area contributed by atoms with Crippen molar-refractivity contribution < 1.29 is 23.4 Å². The summed E-state index contributed by atoms with van der Waals surface area (Å²) >= 11 is 0. The van der Waals surface area contributed by atoms with Gasteiger partial charge in [0.25, 0.3) is 0 Å². The maximum Gasteiger partial charge on any atom is 0.407 e. The molecule has 0 aromatic heterocycles. The second-order valence-electron chi connectivity index (χ2n) is 5.11. The highest BCUT2D eigenvalue weighted by Crippen LogP contribution is 2.21. The number of benzene rings is 2. The minimum absolute atomic E-state index is 0.0837. The topological polar surface area (TPSA) is 58.6 Å². The first kappa shape index (κ1) is 16.9. The summed E-state index contributed by atoms with van der Waals surface area (Å²) in [5, 5.41) is 12.5. The van der Waals surface area contributed by atoms with Gasteiger partial charge in [0, 0.05) is 11.6 Å². The fourth-order valence-electron chi connectivity index (χ4n) is 2.04. The van der Waals surface area contributed by atoms with Crippen molar-refractivity contribution in [3.63, 3.8) is 0 Å². The van der Waals surface area contributed by atoms with Crippen LogP contribution in [0.2, 0.25) is 0 Å². The first-order valence-electron chi connectivity index (χ1n) is 7.07. The fourth-order valence-corrected chi connectivity index (χ4v) is 2.04. The Morgan fingerprint density at radius 3 is 2.57 bits per heavy atom. The van der Waals surface area contributed by atoms with Gasteiger partial charge in [0.2, 0.25) is 0 Å². The monoisotopic (exact) mass is 321 g/mol. The van der Waals surface area contributed by atoms with E-state index in [-0.39, 0.29) is 12.2 Å². The Hall–Kier alpha value is -2.47. The number of halogens is 2. The van der Waals surface area contributed by atoms with E-state index in [1.54, 1.807) is 12.1 Å². The second-order valence-corrected chi connectivity index (χ2v) is 5.11. The number of nitrogens with one attached hydrogen (secondary N) is 1. The molecule has 1 amide bonds. The van der Waals surface area contributed by atoms with E-state index in [1.807, 2.05) is 18.2 Å². The summed E-state index contributed by atoms with van der Waals surface area (Å²) < 4.78 is 31.5. The van der Waals surface area contributed by atoms with E-state index in [4.69, 9.17) is 4.74 Å². The van der Waals surface area contributed by atoms with Crippen molar-refractivity contribution in [2.45, 2.75) is 25.7 Å². The third-order valence-corrected chi connectivity index (χ3v) is 3.31. The summed E-state index contributed by atoms with van der Waals surface area (Å²) in [6.07, 6.45) is -2.05. The predicted octanol–water partition coefficient (Wildman–Crippen LogP) is 3.31. The smallest absolute Gasteiger partial charge is 0.407 e. The van der Waals surface area contributed by atoms with Gasteiger partial charge in [-0.2, -0.15) is 0 Å². The van der Waals surface area contributed by atoms with Crippen molar-refractivity contribution in [3.8, 4) is 0 Å². The molecule has 0 saturated heterocycles. The van der Waals surface area contributed by atoms with Crippen LogP contribution in [0, 0.1) is 11.6 Å². The minimum atomic E-state index is -1.32. The van der Waals surface area contributed by atoms with Crippen LogP contribution < -0.4 is 5.32 Å². The number of carbonyl (C=O) groups excluding carboxylic acids is 1. The van der Waals surface area contributed by atoms with Crippen LogP contribution in [-0.4, -0.2) is 17.2 Å². The van der Waals surface area contributed by atoms with Crippen molar-refractivity contribution in [1.29, 1.82) is 0 Å². The first-order chi connectivity index (χ1) is 11.0. The quantitative estimate of drug-likeness (QED) is 0.888. The van der Waals surface area contributed by atoms with Crippen LogP contribution in [-0.2, 0) is 11.3 Å². The molecule has 0 aliphatic rings. The Bertz CT molecular complexity index is 664. The lowest BCUT2D eigenvalue weighted by atomic mass is 10.0. The van der Waals surface area contributed by atoms with Gasteiger partial charge < -0.3 is 15.2 Å². The van der Waals surface area contributed by atoms with Gasteiger partial charge in [-0.1, -0.05) is 36.4 Å². The summed E-state index contributed by atoms with van der Waals surface area (Å²) in [7, 11) is 0. The van der Waals surface area contributed by atoms with Crippen molar-refractivity contribution in [3.05, 3.63) is 71.3 Å². The van der Waals surface area contributed by atoms with Crippen molar-refractivity contribution in [2.75, 3.05) is 0 Å². The molecule has 122 valence electrons. The molecular formula is C17H17F2NO3. The summed E-state index contributed by atoms with van der Waals surface area (Å²) in [6.45, 7) is 1.58. The van der Waals surface area contributed by atoms with Crippen molar-refractivity contribution in [2.24, 2.45) is 0 Å². The number of hydrogen-bond donors (Lipinski definition) is 2. The molecule has 6 heteroatoms. The summed E-state index contributed by atoms with van der Waals surface area (Å²) in [6, 6.07) is 11.2. The first-order valence-corrected chi connectivity index (χ1v) is 7.07. The molecule has 0 aliphatic heterocycles. The average molecular weight is 321 g/mol. The number of carbonyl (C=O) groups is 1. The molecule has 2 rings (SSSR count). The van der Waals surface area contributed by atoms with E-state index < -0.39 is 29.9 Å². The Morgan fingerprint density at radius 1 is 1.22 bits per heavy atom. The van der Waals surface area contributed by atoms with Crippen molar-refractivity contribution in [1.82, 2.24) is 5.32 Å². The molecule has 0 unspecified atom stereocenters. The van der Waals surface area contributed by atoms with Gasteiger partial charge >= 0.3 is 6.09 Å². The number of rotatable bonds is 5. The third-order valence-electron chi connectivity index (χ3n) is 3.31. The number of aliphatic hydroxyl groups excluding tert-OH is 1. The maximum absolute atomic E-state index is 13.6. The number of ether oxygens (including phenoxy) is 1. The fraction of sp³-hybridized carbons (Fsp3) is 0.235. The van der Waals surface area contributed by atoms with E-state index in [9.17, 15) is 18.7 Å². The molecule has 2 N–H and O–H groups in total.